The van der Waals surface area contributed by atoms with Crippen molar-refractivity contribution in [1.29, 1.82) is 0 Å². The molecule has 3 aromatic rings. The monoisotopic (exact) mass is 308 g/mol. The van der Waals surface area contributed by atoms with E-state index >= 15 is 0 Å². The number of nitrogens with one attached hydrogen (secondary N) is 1. The van der Waals surface area contributed by atoms with E-state index in [0.717, 1.165) is 11.4 Å². The topological polar surface area (TPSA) is 69.0 Å². The van der Waals surface area contributed by atoms with Crippen molar-refractivity contribution in [3.05, 3.63) is 66.1 Å². The highest BCUT2D eigenvalue weighted by molar-refractivity contribution is 6.04. The van der Waals surface area contributed by atoms with Gasteiger partial charge in [-0.05, 0) is 31.2 Å². The molecule has 23 heavy (non-hydrogen) atoms. The molecule has 0 bridgehead atoms. The number of benzene rings is 1. The lowest BCUT2D eigenvalue weighted by Crippen LogP contribution is -2.13. The highest BCUT2D eigenvalue weighted by Crippen LogP contribution is 2.22. The Morgan fingerprint density at radius 3 is 2.70 bits per heavy atom. The van der Waals surface area contributed by atoms with E-state index in [2.05, 4.69) is 15.4 Å². The van der Waals surface area contributed by atoms with Crippen LogP contribution in [-0.2, 0) is 0 Å². The summed E-state index contributed by atoms with van der Waals surface area (Å²) in [5.74, 6) is 0.618. The molecule has 1 N–H and O–H groups in total. The maximum atomic E-state index is 12.4. The molecule has 0 spiro atoms. The summed E-state index contributed by atoms with van der Waals surface area (Å²) in [4.78, 5) is 16.7. The predicted molar refractivity (Wildman–Crippen MR) is 87.0 cm³/mol. The summed E-state index contributed by atoms with van der Waals surface area (Å²) in [5, 5.41) is 6.97. The van der Waals surface area contributed by atoms with Crippen LogP contribution in [0.25, 0.3) is 5.69 Å². The first-order valence-corrected chi connectivity index (χ1v) is 7.10. The molecule has 2 aromatic heterocycles. The maximum Gasteiger partial charge on any atom is 0.260 e. The highest BCUT2D eigenvalue weighted by atomic mass is 16.5. The summed E-state index contributed by atoms with van der Waals surface area (Å²) in [5.41, 5.74) is 2.12. The molecule has 0 saturated heterocycles. The van der Waals surface area contributed by atoms with Crippen LogP contribution < -0.4 is 10.1 Å². The standard InChI is InChI=1S/C17H16N4O2/c1-12-8-9-15(23-2)16(19-12)20-17(22)13-10-18-21(11-13)14-6-4-3-5-7-14/h3-11H,1-2H3,(H,19,20,22). The molecule has 3 rings (SSSR count). The van der Waals surface area contributed by atoms with Gasteiger partial charge in [0.2, 0.25) is 0 Å². The van der Waals surface area contributed by atoms with E-state index < -0.39 is 0 Å². The van der Waals surface area contributed by atoms with Crippen molar-refractivity contribution in [3.63, 3.8) is 0 Å². The quantitative estimate of drug-likeness (QED) is 0.804. The van der Waals surface area contributed by atoms with E-state index in [9.17, 15) is 4.79 Å². The van der Waals surface area contributed by atoms with Crippen LogP contribution >= 0.6 is 0 Å². The molecule has 6 nitrogen and oxygen atoms in total. The average molecular weight is 308 g/mol. The number of para-hydroxylation sites is 1. The third kappa shape index (κ3) is 3.21. The third-order valence-electron chi connectivity index (χ3n) is 3.31. The van der Waals surface area contributed by atoms with Gasteiger partial charge in [0.15, 0.2) is 11.6 Å². The second kappa shape index (κ2) is 6.31. The van der Waals surface area contributed by atoms with Crippen molar-refractivity contribution in [2.45, 2.75) is 6.92 Å². The molecular weight excluding hydrogens is 292 g/mol. The minimum Gasteiger partial charge on any atom is -0.493 e. The lowest BCUT2D eigenvalue weighted by molar-refractivity contribution is 0.102. The molecule has 6 heteroatoms. The molecule has 0 aliphatic carbocycles. The number of amides is 1. The number of anilines is 1. The molecule has 0 fully saturated rings. The molecule has 116 valence electrons. The van der Waals surface area contributed by atoms with Gasteiger partial charge in [0.05, 0.1) is 24.6 Å². The number of carbonyl (C=O) groups excluding carboxylic acids is 1. The number of methoxy groups -OCH3 is 1. The van der Waals surface area contributed by atoms with Crippen molar-refractivity contribution in [1.82, 2.24) is 14.8 Å². The number of hydrogen-bond acceptors (Lipinski definition) is 4. The number of rotatable bonds is 4. The zero-order valence-electron chi connectivity index (χ0n) is 12.9. The first-order chi connectivity index (χ1) is 11.2. The second-order valence-electron chi connectivity index (χ2n) is 4.97. The molecule has 1 aromatic carbocycles. The van der Waals surface area contributed by atoms with Gasteiger partial charge in [0, 0.05) is 11.9 Å². The van der Waals surface area contributed by atoms with Crippen LogP contribution in [0.2, 0.25) is 0 Å². The second-order valence-corrected chi connectivity index (χ2v) is 4.97. The summed E-state index contributed by atoms with van der Waals surface area (Å²) in [6.45, 7) is 1.85. The van der Waals surface area contributed by atoms with Crippen molar-refractivity contribution < 1.29 is 9.53 Å². The van der Waals surface area contributed by atoms with Crippen LogP contribution in [0.4, 0.5) is 5.82 Å². The van der Waals surface area contributed by atoms with Gasteiger partial charge in [-0.25, -0.2) is 9.67 Å². The largest absolute Gasteiger partial charge is 0.493 e. The fourth-order valence-corrected chi connectivity index (χ4v) is 2.14. The molecule has 0 aliphatic rings. The summed E-state index contributed by atoms with van der Waals surface area (Å²) in [6.07, 6.45) is 3.19. The zero-order chi connectivity index (χ0) is 16.2. The smallest absolute Gasteiger partial charge is 0.260 e. The average Bonchev–Trinajstić information content (AvgIpc) is 3.06. The Kier molecular flexibility index (Phi) is 4.05. The fraction of sp³-hybridized carbons (Fsp3) is 0.118. The van der Waals surface area contributed by atoms with E-state index in [1.54, 1.807) is 16.9 Å². The van der Waals surface area contributed by atoms with Crippen molar-refractivity contribution in [3.8, 4) is 11.4 Å². The van der Waals surface area contributed by atoms with E-state index in [4.69, 9.17) is 4.74 Å². The first-order valence-electron chi connectivity index (χ1n) is 7.10. The fourth-order valence-electron chi connectivity index (χ4n) is 2.14. The van der Waals surface area contributed by atoms with Crippen LogP contribution in [0.5, 0.6) is 5.75 Å². The van der Waals surface area contributed by atoms with Crippen molar-refractivity contribution in [2.75, 3.05) is 12.4 Å². The maximum absolute atomic E-state index is 12.4. The number of pyridine rings is 1. The van der Waals surface area contributed by atoms with Gasteiger partial charge in [-0.15, -0.1) is 0 Å². The van der Waals surface area contributed by atoms with Gasteiger partial charge in [-0.2, -0.15) is 5.10 Å². The number of nitrogens with zero attached hydrogens (tertiary/aromatic N) is 3. The summed E-state index contributed by atoms with van der Waals surface area (Å²) in [6, 6.07) is 13.2. The Bertz CT molecular complexity index is 828. The van der Waals surface area contributed by atoms with Crippen molar-refractivity contribution in [2.24, 2.45) is 0 Å². The molecule has 0 saturated carbocycles. The number of aryl methyl sites for hydroxylation is 1. The van der Waals surface area contributed by atoms with Crippen LogP contribution in [0.3, 0.4) is 0 Å². The third-order valence-corrected chi connectivity index (χ3v) is 3.31. The van der Waals surface area contributed by atoms with Gasteiger partial charge in [-0.3, -0.25) is 4.79 Å². The van der Waals surface area contributed by atoms with Crippen molar-refractivity contribution >= 4 is 11.7 Å². The van der Waals surface area contributed by atoms with Gasteiger partial charge in [0.25, 0.3) is 5.91 Å². The minimum absolute atomic E-state index is 0.288. The molecule has 0 aliphatic heterocycles. The van der Waals surface area contributed by atoms with Gasteiger partial charge >= 0.3 is 0 Å². The number of carbonyl (C=O) groups is 1. The van der Waals surface area contributed by atoms with E-state index in [0.29, 0.717) is 17.1 Å². The summed E-state index contributed by atoms with van der Waals surface area (Å²) >= 11 is 0. The summed E-state index contributed by atoms with van der Waals surface area (Å²) in [7, 11) is 1.54. The van der Waals surface area contributed by atoms with Gasteiger partial charge in [-0.1, -0.05) is 18.2 Å². The normalized spacial score (nSPS) is 10.3. The first kappa shape index (κ1) is 14.8. The Morgan fingerprint density at radius 1 is 1.17 bits per heavy atom. The van der Waals surface area contributed by atoms with E-state index in [1.165, 1.54) is 13.3 Å². The lowest BCUT2D eigenvalue weighted by Gasteiger charge is -2.09. The number of hydrogen-bond donors (Lipinski definition) is 1. The Morgan fingerprint density at radius 2 is 1.96 bits per heavy atom. The van der Waals surface area contributed by atoms with Crippen LogP contribution in [0.15, 0.2) is 54.9 Å². The molecule has 1 amide bonds. The Hall–Kier alpha value is -3.15. The zero-order valence-corrected chi connectivity index (χ0v) is 12.9. The van der Waals surface area contributed by atoms with Crippen LogP contribution in [-0.4, -0.2) is 27.8 Å². The molecule has 2 heterocycles. The number of ether oxygens (including phenoxy) is 1. The molecule has 0 unspecified atom stereocenters. The lowest BCUT2D eigenvalue weighted by atomic mass is 10.3. The Labute approximate surface area is 133 Å². The van der Waals surface area contributed by atoms with Crippen LogP contribution in [0.1, 0.15) is 16.1 Å². The SMILES string of the molecule is COc1ccc(C)nc1NC(=O)c1cnn(-c2ccccc2)c1. The molecule has 0 atom stereocenters. The van der Waals surface area contributed by atoms with E-state index in [-0.39, 0.29) is 5.91 Å². The van der Waals surface area contributed by atoms with E-state index in [1.807, 2.05) is 43.3 Å². The van der Waals surface area contributed by atoms with Gasteiger partial charge in [0.1, 0.15) is 0 Å². The predicted octanol–water partition coefficient (Wildman–Crippen LogP) is 2.84. The molecular formula is C17H16N4O2. The van der Waals surface area contributed by atoms with Gasteiger partial charge < -0.3 is 10.1 Å². The molecule has 0 radical (unpaired) electrons. The number of aromatic nitrogens is 3. The highest BCUT2D eigenvalue weighted by Gasteiger charge is 2.13. The van der Waals surface area contributed by atoms with Crippen LogP contribution in [0, 0.1) is 6.92 Å². The summed E-state index contributed by atoms with van der Waals surface area (Å²) < 4.78 is 6.86. The Balaban J connectivity index is 1.82. The minimum atomic E-state index is -0.288.